The van der Waals surface area contributed by atoms with Gasteiger partial charge in [-0.05, 0) is 44.9 Å². The molecule has 0 aromatic heterocycles. The van der Waals surface area contributed by atoms with Crippen molar-refractivity contribution in [1.29, 1.82) is 0 Å². The van der Waals surface area contributed by atoms with Crippen molar-refractivity contribution in [2.24, 2.45) is 0 Å². The monoisotopic (exact) mass is 405 g/mol. The van der Waals surface area contributed by atoms with Crippen LogP contribution in [0.25, 0.3) is 0 Å². The van der Waals surface area contributed by atoms with Crippen molar-refractivity contribution in [3.63, 3.8) is 0 Å². The van der Waals surface area contributed by atoms with E-state index < -0.39 is 17.5 Å². The minimum atomic E-state index is -1.13. The van der Waals surface area contributed by atoms with Gasteiger partial charge in [-0.2, -0.15) is 0 Å². The minimum Gasteiger partial charge on any atom is -0.454 e. The van der Waals surface area contributed by atoms with Crippen molar-refractivity contribution < 1.29 is 28.6 Å². The van der Waals surface area contributed by atoms with Crippen molar-refractivity contribution in [2.45, 2.75) is 45.3 Å². The number of carbonyl (C=O) groups is 3. The highest BCUT2D eigenvalue weighted by Crippen LogP contribution is 2.34. The van der Waals surface area contributed by atoms with Gasteiger partial charge in [0.1, 0.15) is 12.1 Å². The van der Waals surface area contributed by atoms with E-state index in [-0.39, 0.29) is 31.8 Å². The van der Waals surface area contributed by atoms with E-state index in [1.807, 2.05) is 19.9 Å². The molecule has 4 amide bonds. The lowest BCUT2D eigenvalue weighted by Gasteiger charge is -2.22. The molecule has 9 heteroatoms. The molecule has 0 saturated carbocycles. The number of carbonyl (C=O) groups excluding carboxylic acids is 3. The molecule has 1 saturated heterocycles. The first-order valence-electron chi connectivity index (χ1n) is 9.69. The van der Waals surface area contributed by atoms with Crippen LogP contribution in [0.1, 0.15) is 32.8 Å². The number of hydrogen-bond acceptors (Lipinski definition) is 6. The van der Waals surface area contributed by atoms with Crippen LogP contribution in [0.3, 0.4) is 0 Å². The smallest absolute Gasteiger partial charge is 0.325 e. The molecule has 1 atom stereocenters. The Balaban J connectivity index is 1.53. The molecule has 158 valence electrons. The zero-order valence-corrected chi connectivity index (χ0v) is 16.9. The Morgan fingerprint density at radius 3 is 2.83 bits per heavy atom. The molecule has 0 unspecified atom stereocenters. The Bertz CT molecular complexity index is 796. The molecule has 2 aliphatic heterocycles. The first-order chi connectivity index (χ1) is 13.8. The van der Waals surface area contributed by atoms with Crippen molar-refractivity contribution in [1.82, 2.24) is 15.5 Å². The lowest BCUT2D eigenvalue weighted by Crippen LogP contribution is -2.47. The Labute approximate surface area is 169 Å². The van der Waals surface area contributed by atoms with Crippen LogP contribution in [0, 0.1) is 0 Å². The number of nitrogens with one attached hydrogen (secondary N) is 2. The maximum absolute atomic E-state index is 12.8. The number of rotatable bonds is 9. The van der Waals surface area contributed by atoms with E-state index in [9.17, 15) is 14.4 Å². The Hall–Kier alpha value is -2.81. The molecule has 9 nitrogen and oxygen atoms in total. The lowest BCUT2D eigenvalue weighted by molar-refractivity contribution is -0.134. The Morgan fingerprint density at radius 1 is 1.31 bits per heavy atom. The summed E-state index contributed by atoms with van der Waals surface area (Å²) in [5.74, 6) is 0.446. The summed E-state index contributed by atoms with van der Waals surface area (Å²) in [6.45, 7) is 6.34. The van der Waals surface area contributed by atoms with Crippen molar-refractivity contribution >= 4 is 17.8 Å². The van der Waals surface area contributed by atoms with Crippen molar-refractivity contribution in [2.75, 3.05) is 26.5 Å². The molecule has 0 spiro atoms. The van der Waals surface area contributed by atoms with Crippen LogP contribution in [0.15, 0.2) is 18.2 Å². The van der Waals surface area contributed by atoms with Crippen LogP contribution < -0.4 is 20.1 Å². The number of nitrogens with zero attached hydrogens (tertiary/aromatic N) is 1. The molecule has 1 fully saturated rings. The van der Waals surface area contributed by atoms with Gasteiger partial charge in [-0.1, -0.05) is 6.07 Å². The van der Waals surface area contributed by atoms with Gasteiger partial charge in [0.25, 0.3) is 5.91 Å². The Morgan fingerprint density at radius 2 is 2.07 bits per heavy atom. The van der Waals surface area contributed by atoms with E-state index >= 15 is 0 Å². The highest BCUT2D eigenvalue weighted by atomic mass is 16.7. The number of ether oxygens (including phenoxy) is 3. The van der Waals surface area contributed by atoms with Crippen LogP contribution in [0.5, 0.6) is 11.5 Å². The van der Waals surface area contributed by atoms with Crippen LogP contribution in [-0.4, -0.2) is 60.9 Å². The number of hydrogen-bond donors (Lipinski definition) is 2. The topological polar surface area (TPSA) is 106 Å². The van der Waals surface area contributed by atoms with E-state index in [4.69, 9.17) is 14.2 Å². The molecule has 0 radical (unpaired) electrons. The van der Waals surface area contributed by atoms with E-state index in [1.165, 1.54) is 0 Å². The third-order valence-corrected chi connectivity index (χ3v) is 4.74. The zero-order chi connectivity index (χ0) is 21.0. The Kier molecular flexibility index (Phi) is 6.26. The average molecular weight is 405 g/mol. The molecule has 29 heavy (non-hydrogen) atoms. The van der Waals surface area contributed by atoms with Gasteiger partial charge in [0, 0.05) is 19.6 Å². The molecule has 2 N–H and O–H groups in total. The van der Waals surface area contributed by atoms with Gasteiger partial charge in [-0.15, -0.1) is 0 Å². The quantitative estimate of drug-likeness (QED) is 0.472. The largest absolute Gasteiger partial charge is 0.454 e. The minimum absolute atomic E-state index is 0.138. The predicted molar refractivity (Wildman–Crippen MR) is 104 cm³/mol. The standard InChI is InChI=1S/C20H27N3O6/c1-13(2)27-8-4-7-21-17(24)11-23-18(25)20(3,22-19(23)26)10-14-5-6-15-16(9-14)29-12-28-15/h5-6,9,13H,4,7-8,10-12H2,1-3H3,(H,21,24)(H,22,26)/t20-/m1/s1. The molecule has 2 heterocycles. The second-order valence-electron chi connectivity index (χ2n) is 7.64. The SMILES string of the molecule is CC(C)OCCCNC(=O)CN1C(=O)N[C@](C)(Cc2ccc3c(c2)OCO3)C1=O. The fraction of sp³-hybridized carbons (Fsp3) is 0.550. The summed E-state index contributed by atoms with van der Waals surface area (Å²) < 4.78 is 16.1. The molecule has 3 rings (SSSR count). The van der Waals surface area contributed by atoms with E-state index in [0.29, 0.717) is 31.1 Å². The second-order valence-corrected chi connectivity index (χ2v) is 7.64. The summed E-state index contributed by atoms with van der Waals surface area (Å²) in [4.78, 5) is 38.2. The third kappa shape index (κ3) is 4.97. The van der Waals surface area contributed by atoms with Crippen molar-refractivity contribution in [3.8, 4) is 11.5 Å². The fourth-order valence-corrected chi connectivity index (χ4v) is 3.29. The summed E-state index contributed by atoms with van der Waals surface area (Å²) in [5, 5.41) is 5.41. The number of imide groups is 1. The van der Waals surface area contributed by atoms with Gasteiger partial charge in [0.05, 0.1) is 6.10 Å². The van der Waals surface area contributed by atoms with Gasteiger partial charge < -0.3 is 24.8 Å². The average Bonchev–Trinajstić information content (AvgIpc) is 3.19. The van der Waals surface area contributed by atoms with E-state index in [1.54, 1.807) is 19.1 Å². The van der Waals surface area contributed by atoms with Gasteiger partial charge in [0.2, 0.25) is 12.7 Å². The van der Waals surface area contributed by atoms with Gasteiger partial charge in [-0.25, -0.2) is 4.79 Å². The molecular weight excluding hydrogens is 378 g/mol. The van der Waals surface area contributed by atoms with Crippen LogP contribution >= 0.6 is 0 Å². The molecule has 2 aliphatic rings. The van der Waals surface area contributed by atoms with Gasteiger partial charge >= 0.3 is 6.03 Å². The van der Waals surface area contributed by atoms with Crippen LogP contribution in [-0.2, 0) is 20.7 Å². The van der Waals surface area contributed by atoms with Crippen molar-refractivity contribution in [3.05, 3.63) is 23.8 Å². The van der Waals surface area contributed by atoms with E-state index in [2.05, 4.69) is 10.6 Å². The number of urea groups is 1. The first-order valence-corrected chi connectivity index (χ1v) is 9.69. The summed E-state index contributed by atoms with van der Waals surface area (Å²) in [5.41, 5.74) is -0.308. The van der Waals surface area contributed by atoms with E-state index in [0.717, 1.165) is 10.5 Å². The fourth-order valence-electron chi connectivity index (χ4n) is 3.29. The van der Waals surface area contributed by atoms with Gasteiger partial charge in [-0.3, -0.25) is 14.5 Å². The first kappa shape index (κ1) is 20.9. The molecule has 1 aromatic rings. The molecule has 0 aliphatic carbocycles. The summed E-state index contributed by atoms with van der Waals surface area (Å²) in [6.07, 6.45) is 1.07. The molecule has 1 aromatic carbocycles. The summed E-state index contributed by atoms with van der Waals surface area (Å²) >= 11 is 0. The zero-order valence-electron chi connectivity index (χ0n) is 16.9. The molecule has 0 bridgehead atoms. The maximum atomic E-state index is 12.8. The lowest BCUT2D eigenvalue weighted by atomic mass is 9.92. The number of amides is 4. The third-order valence-electron chi connectivity index (χ3n) is 4.74. The summed E-state index contributed by atoms with van der Waals surface area (Å²) in [7, 11) is 0. The normalized spacial score (nSPS) is 20.3. The van der Waals surface area contributed by atoms with Crippen LogP contribution in [0.4, 0.5) is 4.79 Å². The van der Waals surface area contributed by atoms with Crippen LogP contribution in [0.2, 0.25) is 0 Å². The maximum Gasteiger partial charge on any atom is 0.325 e. The summed E-state index contributed by atoms with van der Waals surface area (Å²) in [6, 6.07) is 4.82. The predicted octanol–water partition coefficient (Wildman–Crippen LogP) is 1.20. The molecular formula is C20H27N3O6. The highest BCUT2D eigenvalue weighted by molar-refractivity contribution is 6.08. The second kappa shape index (κ2) is 8.69. The highest BCUT2D eigenvalue weighted by Gasteiger charge is 2.48. The number of fused-ring (bicyclic) bond motifs is 1. The number of benzene rings is 1. The van der Waals surface area contributed by atoms with Gasteiger partial charge in [0.15, 0.2) is 11.5 Å².